The number of urea groups is 1. The molecule has 9 heteroatoms. The highest BCUT2D eigenvalue weighted by Crippen LogP contribution is 2.30. The van der Waals surface area contributed by atoms with Crippen LogP contribution >= 0.6 is 11.3 Å². The third kappa shape index (κ3) is 3.22. The standard InChI is InChI=1S/C19H21N5O3S/c1-3-24-16(21-14-5-4-8-20-17(14)24)12-6-9-23(11-12)19(26)22-13-7-10-28-15(13)18(25)27-2/h4-5,7-8,10,12H,3,6,9,11H2,1-2H3,(H,22,26)/t12-/m0/s1. The molecule has 1 N–H and O–H groups in total. The maximum atomic E-state index is 12.7. The number of pyridine rings is 1. The first-order chi connectivity index (χ1) is 13.6. The van der Waals surface area contributed by atoms with Crippen molar-refractivity contribution in [2.45, 2.75) is 25.8 Å². The van der Waals surface area contributed by atoms with Gasteiger partial charge in [-0.05, 0) is 36.9 Å². The second kappa shape index (κ2) is 7.59. The normalized spacial score (nSPS) is 16.5. The number of anilines is 1. The largest absolute Gasteiger partial charge is 0.465 e. The molecule has 0 unspecified atom stereocenters. The summed E-state index contributed by atoms with van der Waals surface area (Å²) < 4.78 is 6.88. The van der Waals surface area contributed by atoms with Gasteiger partial charge in [-0.25, -0.2) is 19.6 Å². The van der Waals surface area contributed by atoms with Crippen LogP contribution in [0, 0.1) is 0 Å². The van der Waals surface area contributed by atoms with Crippen molar-refractivity contribution in [2.24, 2.45) is 0 Å². The number of rotatable bonds is 4. The van der Waals surface area contributed by atoms with Gasteiger partial charge >= 0.3 is 12.0 Å². The minimum atomic E-state index is -0.450. The number of carbonyl (C=O) groups is 2. The lowest BCUT2D eigenvalue weighted by molar-refractivity contribution is 0.0607. The van der Waals surface area contributed by atoms with Crippen molar-refractivity contribution in [3.63, 3.8) is 0 Å². The third-order valence-electron chi connectivity index (χ3n) is 4.97. The van der Waals surface area contributed by atoms with Crippen LogP contribution in [0.1, 0.15) is 34.8 Å². The predicted octanol–water partition coefficient (Wildman–Crippen LogP) is 3.32. The highest BCUT2D eigenvalue weighted by atomic mass is 32.1. The number of hydrogen-bond donors (Lipinski definition) is 1. The molecule has 0 saturated carbocycles. The topological polar surface area (TPSA) is 89.4 Å². The van der Waals surface area contributed by atoms with E-state index in [1.807, 2.05) is 12.1 Å². The average Bonchev–Trinajstić information content (AvgIpc) is 3.44. The second-order valence-corrected chi connectivity index (χ2v) is 7.49. The minimum Gasteiger partial charge on any atom is -0.465 e. The molecule has 146 valence electrons. The number of methoxy groups -OCH3 is 1. The van der Waals surface area contributed by atoms with Crippen LogP contribution in [0.25, 0.3) is 11.2 Å². The highest BCUT2D eigenvalue weighted by Gasteiger charge is 2.31. The molecule has 0 spiro atoms. The Balaban J connectivity index is 1.50. The summed E-state index contributed by atoms with van der Waals surface area (Å²) in [5.74, 6) is 0.675. The number of esters is 1. The number of ether oxygens (including phenoxy) is 1. The molecular formula is C19H21N5O3S. The summed E-state index contributed by atoms with van der Waals surface area (Å²) in [6, 6.07) is 5.34. The van der Waals surface area contributed by atoms with Gasteiger partial charge in [0.2, 0.25) is 0 Å². The maximum Gasteiger partial charge on any atom is 0.350 e. The fourth-order valence-electron chi connectivity index (χ4n) is 3.61. The van der Waals surface area contributed by atoms with Gasteiger partial charge in [0.05, 0.1) is 12.8 Å². The van der Waals surface area contributed by atoms with Gasteiger partial charge in [0.1, 0.15) is 16.2 Å². The van der Waals surface area contributed by atoms with Crippen LogP contribution in [0.5, 0.6) is 0 Å². The zero-order valence-electron chi connectivity index (χ0n) is 15.7. The van der Waals surface area contributed by atoms with Crippen LogP contribution in [-0.4, -0.2) is 51.6 Å². The Morgan fingerprint density at radius 3 is 3.04 bits per heavy atom. The van der Waals surface area contributed by atoms with Crippen molar-refractivity contribution in [1.29, 1.82) is 0 Å². The number of amides is 2. The van der Waals surface area contributed by atoms with Gasteiger partial charge in [-0.3, -0.25) is 0 Å². The van der Waals surface area contributed by atoms with E-state index in [1.165, 1.54) is 18.4 Å². The summed E-state index contributed by atoms with van der Waals surface area (Å²) >= 11 is 1.24. The molecule has 4 heterocycles. The number of carbonyl (C=O) groups excluding carboxylic acids is 2. The second-order valence-electron chi connectivity index (χ2n) is 6.58. The fourth-order valence-corrected chi connectivity index (χ4v) is 4.37. The summed E-state index contributed by atoms with van der Waals surface area (Å²) in [6.07, 6.45) is 2.61. The molecule has 0 aliphatic carbocycles. The number of fused-ring (bicyclic) bond motifs is 1. The van der Waals surface area contributed by atoms with Gasteiger partial charge in [-0.1, -0.05) is 0 Å². The number of thiophene rings is 1. The Bertz CT molecular complexity index is 1030. The van der Waals surface area contributed by atoms with E-state index in [1.54, 1.807) is 22.5 Å². The summed E-state index contributed by atoms with van der Waals surface area (Å²) in [7, 11) is 1.33. The van der Waals surface area contributed by atoms with Crippen molar-refractivity contribution in [3.05, 3.63) is 40.5 Å². The molecule has 0 radical (unpaired) electrons. The summed E-state index contributed by atoms with van der Waals surface area (Å²) in [6.45, 7) is 4.06. The molecule has 1 fully saturated rings. The Hall–Kier alpha value is -2.94. The van der Waals surface area contributed by atoms with Crippen LogP contribution in [0.2, 0.25) is 0 Å². The first-order valence-electron chi connectivity index (χ1n) is 9.15. The lowest BCUT2D eigenvalue weighted by Gasteiger charge is -2.17. The van der Waals surface area contributed by atoms with Crippen LogP contribution < -0.4 is 5.32 Å². The Kier molecular flexibility index (Phi) is 4.99. The van der Waals surface area contributed by atoms with Crippen molar-refractivity contribution < 1.29 is 14.3 Å². The number of likely N-dealkylation sites (tertiary alicyclic amines) is 1. The number of aromatic nitrogens is 3. The van der Waals surface area contributed by atoms with Crippen molar-refractivity contribution in [2.75, 3.05) is 25.5 Å². The zero-order valence-corrected chi connectivity index (χ0v) is 16.5. The Morgan fingerprint density at radius 2 is 2.25 bits per heavy atom. The van der Waals surface area contributed by atoms with E-state index in [0.717, 1.165) is 30.0 Å². The molecule has 3 aromatic rings. The first-order valence-corrected chi connectivity index (χ1v) is 10.0. The van der Waals surface area contributed by atoms with Crippen molar-refractivity contribution in [3.8, 4) is 0 Å². The van der Waals surface area contributed by atoms with Gasteiger partial charge < -0.3 is 19.5 Å². The quantitative estimate of drug-likeness (QED) is 0.680. The molecular weight excluding hydrogens is 378 g/mol. The smallest absolute Gasteiger partial charge is 0.350 e. The van der Waals surface area contributed by atoms with Crippen LogP contribution in [0.4, 0.5) is 10.5 Å². The molecule has 1 saturated heterocycles. The summed E-state index contributed by atoms with van der Waals surface area (Å²) in [5, 5.41) is 4.59. The molecule has 3 aromatic heterocycles. The molecule has 1 aliphatic heterocycles. The zero-order chi connectivity index (χ0) is 19.7. The molecule has 2 amide bonds. The number of aryl methyl sites for hydroxylation is 1. The average molecular weight is 399 g/mol. The Morgan fingerprint density at radius 1 is 1.39 bits per heavy atom. The predicted molar refractivity (Wildman–Crippen MR) is 107 cm³/mol. The summed E-state index contributed by atoms with van der Waals surface area (Å²) in [5.41, 5.74) is 2.24. The molecule has 28 heavy (non-hydrogen) atoms. The minimum absolute atomic E-state index is 0.155. The fraction of sp³-hybridized carbons (Fsp3) is 0.368. The van der Waals surface area contributed by atoms with Gasteiger partial charge in [0.15, 0.2) is 5.65 Å². The first kappa shape index (κ1) is 18.4. The van der Waals surface area contributed by atoms with Crippen LogP contribution in [0.3, 0.4) is 0 Å². The molecule has 1 aliphatic rings. The monoisotopic (exact) mass is 399 g/mol. The lowest BCUT2D eigenvalue weighted by Crippen LogP contribution is -2.33. The van der Waals surface area contributed by atoms with Gasteiger partial charge in [-0.15, -0.1) is 11.3 Å². The van der Waals surface area contributed by atoms with E-state index in [4.69, 9.17) is 9.72 Å². The number of hydrogen-bond acceptors (Lipinski definition) is 6. The van der Waals surface area contributed by atoms with Crippen molar-refractivity contribution >= 4 is 40.2 Å². The van der Waals surface area contributed by atoms with Gasteiger partial charge in [0.25, 0.3) is 0 Å². The molecule has 1 atom stereocenters. The van der Waals surface area contributed by atoms with Gasteiger partial charge in [-0.2, -0.15) is 0 Å². The molecule has 0 aromatic carbocycles. The maximum absolute atomic E-state index is 12.7. The third-order valence-corrected chi connectivity index (χ3v) is 5.86. The van der Waals surface area contributed by atoms with E-state index >= 15 is 0 Å². The van der Waals surface area contributed by atoms with Crippen LogP contribution in [-0.2, 0) is 11.3 Å². The molecule has 8 nitrogen and oxygen atoms in total. The highest BCUT2D eigenvalue weighted by molar-refractivity contribution is 7.12. The SMILES string of the molecule is CCn1c([C@H]2CCN(C(=O)Nc3ccsc3C(=O)OC)C2)nc2cccnc21. The number of nitrogens with one attached hydrogen (secondary N) is 1. The van der Waals surface area contributed by atoms with E-state index in [2.05, 4.69) is 21.8 Å². The van der Waals surface area contributed by atoms with E-state index in [9.17, 15) is 9.59 Å². The molecule has 0 bridgehead atoms. The van der Waals surface area contributed by atoms with E-state index in [-0.39, 0.29) is 11.9 Å². The van der Waals surface area contributed by atoms with Crippen LogP contribution in [0.15, 0.2) is 29.8 Å². The van der Waals surface area contributed by atoms with Gasteiger partial charge in [0, 0.05) is 31.7 Å². The Labute approximate surface area is 166 Å². The number of imidazole rings is 1. The van der Waals surface area contributed by atoms with Crippen molar-refractivity contribution in [1.82, 2.24) is 19.4 Å². The van der Waals surface area contributed by atoms with E-state index < -0.39 is 5.97 Å². The lowest BCUT2D eigenvalue weighted by atomic mass is 10.1. The molecule has 4 rings (SSSR count). The van der Waals surface area contributed by atoms with E-state index in [0.29, 0.717) is 23.7 Å². The summed E-state index contributed by atoms with van der Waals surface area (Å²) in [4.78, 5) is 35.9. The number of nitrogens with zero attached hydrogens (tertiary/aromatic N) is 4.